The molecule has 4 heteroatoms. The highest BCUT2D eigenvalue weighted by Gasteiger charge is 2.24. The van der Waals surface area contributed by atoms with E-state index in [9.17, 15) is 4.79 Å². The highest BCUT2D eigenvalue weighted by molar-refractivity contribution is 6.08. The van der Waals surface area contributed by atoms with Crippen LogP contribution >= 0.6 is 0 Å². The van der Waals surface area contributed by atoms with Gasteiger partial charge in [-0.2, -0.15) is 0 Å². The standard InChI is InChI=1S/C25H22O4/c26-24(14-11-19-7-3-1-4-8-19)23-13-12-21(15-25(23)29-18-22-17-28-22)27-16-20-9-5-2-6-10-20/h1-15,22H,16-18H2/b14-11+. The van der Waals surface area contributed by atoms with E-state index in [0.717, 1.165) is 11.1 Å². The summed E-state index contributed by atoms with van der Waals surface area (Å²) in [5.74, 6) is 1.05. The second-order valence-corrected chi connectivity index (χ2v) is 6.81. The van der Waals surface area contributed by atoms with Crippen molar-refractivity contribution in [3.63, 3.8) is 0 Å². The van der Waals surface area contributed by atoms with E-state index in [1.54, 1.807) is 30.4 Å². The summed E-state index contributed by atoms with van der Waals surface area (Å²) < 4.78 is 17.0. The summed E-state index contributed by atoms with van der Waals surface area (Å²) >= 11 is 0. The zero-order chi connectivity index (χ0) is 19.9. The van der Waals surface area contributed by atoms with Gasteiger partial charge in [0, 0.05) is 6.07 Å². The van der Waals surface area contributed by atoms with Crippen molar-refractivity contribution < 1.29 is 19.0 Å². The summed E-state index contributed by atoms with van der Waals surface area (Å²) in [6, 6.07) is 25.0. The molecule has 0 radical (unpaired) electrons. The van der Waals surface area contributed by atoms with E-state index in [-0.39, 0.29) is 11.9 Å². The summed E-state index contributed by atoms with van der Waals surface area (Å²) in [7, 11) is 0. The third kappa shape index (κ3) is 5.56. The fraction of sp³-hybridized carbons (Fsp3) is 0.160. The molecule has 4 rings (SSSR count). The second-order valence-electron chi connectivity index (χ2n) is 6.81. The molecule has 0 spiro atoms. The summed E-state index contributed by atoms with van der Waals surface area (Å²) in [5.41, 5.74) is 2.55. The molecule has 0 amide bonds. The summed E-state index contributed by atoms with van der Waals surface area (Å²) in [4.78, 5) is 12.8. The average molecular weight is 386 g/mol. The van der Waals surface area contributed by atoms with Crippen LogP contribution in [0.5, 0.6) is 11.5 Å². The van der Waals surface area contributed by atoms with Crippen LogP contribution in [-0.2, 0) is 11.3 Å². The molecule has 1 fully saturated rings. The minimum atomic E-state index is -0.116. The monoisotopic (exact) mass is 386 g/mol. The summed E-state index contributed by atoms with van der Waals surface area (Å²) in [6.45, 7) is 1.57. The molecule has 29 heavy (non-hydrogen) atoms. The van der Waals surface area contributed by atoms with E-state index in [2.05, 4.69) is 0 Å². The first kappa shape index (κ1) is 19.0. The molecule has 1 atom stereocenters. The number of carbonyl (C=O) groups excluding carboxylic acids is 1. The lowest BCUT2D eigenvalue weighted by atomic mass is 10.1. The quantitative estimate of drug-likeness (QED) is 0.297. The van der Waals surface area contributed by atoms with Crippen molar-refractivity contribution in [1.82, 2.24) is 0 Å². The van der Waals surface area contributed by atoms with Crippen LogP contribution in [0.4, 0.5) is 0 Å². The molecule has 0 aromatic heterocycles. The van der Waals surface area contributed by atoms with E-state index >= 15 is 0 Å². The normalized spacial score (nSPS) is 15.2. The Kier molecular flexibility index (Phi) is 6.03. The second kappa shape index (κ2) is 9.22. The number of ketones is 1. The van der Waals surface area contributed by atoms with E-state index < -0.39 is 0 Å². The maximum absolute atomic E-state index is 12.8. The third-order valence-corrected chi connectivity index (χ3v) is 4.52. The zero-order valence-corrected chi connectivity index (χ0v) is 16.0. The van der Waals surface area contributed by atoms with Crippen molar-refractivity contribution in [2.75, 3.05) is 13.2 Å². The van der Waals surface area contributed by atoms with Crippen LogP contribution in [0, 0.1) is 0 Å². The number of carbonyl (C=O) groups is 1. The molecular formula is C25H22O4. The van der Waals surface area contributed by atoms with Crippen LogP contribution in [0.25, 0.3) is 6.08 Å². The van der Waals surface area contributed by atoms with Crippen LogP contribution in [-0.4, -0.2) is 25.1 Å². The number of hydrogen-bond acceptors (Lipinski definition) is 4. The van der Waals surface area contributed by atoms with Gasteiger partial charge in [0.25, 0.3) is 0 Å². The molecule has 0 N–H and O–H groups in total. The fourth-order valence-corrected chi connectivity index (χ4v) is 2.83. The number of allylic oxidation sites excluding steroid dienone is 1. The third-order valence-electron chi connectivity index (χ3n) is 4.52. The maximum atomic E-state index is 12.8. The molecule has 0 bridgehead atoms. The number of ether oxygens (including phenoxy) is 3. The predicted octanol–water partition coefficient (Wildman–Crippen LogP) is 4.94. The maximum Gasteiger partial charge on any atom is 0.189 e. The van der Waals surface area contributed by atoms with Crippen molar-refractivity contribution in [3.8, 4) is 11.5 Å². The topological polar surface area (TPSA) is 48.1 Å². The van der Waals surface area contributed by atoms with E-state index in [0.29, 0.717) is 36.9 Å². The Labute approximate surface area is 170 Å². The Balaban J connectivity index is 1.50. The Morgan fingerprint density at radius 3 is 2.41 bits per heavy atom. The van der Waals surface area contributed by atoms with Gasteiger partial charge >= 0.3 is 0 Å². The molecule has 4 nitrogen and oxygen atoms in total. The number of epoxide rings is 1. The minimum absolute atomic E-state index is 0.103. The Morgan fingerprint density at radius 2 is 1.69 bits per heavy atom. The average Bonchev–Trinajstić information content (AvgIpc) is 3.61. The SMILES string of the molecule is O=C(/C=C/c1ccccc1)c1ccc(OCc2ccccc2)cc1OCC1CO1. The van der Waals surface area contributed by atoms with Gasteiger partial charge in [-0.15, -0.1) is 0 Å². The van der Waals surface area contributed by atoms with Crippen molar-refractivity contribution in [1.29, 1.82) is 0 Å². The lowest BCUT2D eigenvalue weighted by molar-refractivity contribution is 0.104. The van der Waals surface area contributed by atoms with Crippen LogP contribution in [0.1, 0.15) is 21.5 Å². The van der Waals surface area contributed by atoms with Crippen molar-refractivity contribution >= 4 is 11.9 Å². The largest absolute Gasteiger partial charge is 0.490 e. The van der Waals surface area contributed by atoms with Crippen molar-refractivity contribution in [2.45, 2.75) is 12.7 Å². The molecule has 1 aliphatic heterocycles. The van der Waals surface area contributed by atoms with Gasteiger partial charge in [0.05, 0.1) is 12.2 Å². The summed E-state index contributed by atoms with van der Waals surface area (Å²) in [6.07, 6.45) is 3.47. The highest BCUT2D eigenvalue weighted by atomic mass is 16.6. The molecular weight excluding hydrogens is 364 g/mol. The van der Waals surface area contributed by atoms with Gasteiger partial charge in [-0.05, 0) is 29.3 Å². The Bertz CT molecular complexity index is 976. The molecule has 1 unspecified atom stereocenters. The van der Waals surface area contributed by atoms with E-state index in [4.69, 9.17) is 14.2 Å². The van der Waals surface area contributed by atoms with Gasteiger partial charge in [0.1, 0.15) is 30.8 Å². The van der Waals surface area contributed by atoms with Gasteiger partial charge in [0.15, 0.2) is 5.78 Å². The fourth-order valence-electron chi connectivity index (χ4n) is 2.83. The van der Waals surface area contributed by atoms with Crippen LogP contribution in [0.15, 0.2) is 84.9 Å². The minimum Gasteiger partial charge on any atom is -0.490 e. The van der Waals surface area contributed by atoms with Gasteiger partial charge in [0.2, 0.25) is 0 Å². The lowest BCUT2D eigenvalue weighted by Crippen LogP contribution is -2.08. The van der Waals surface area contributed by atoms with Crippen LogP contribution in [0.3, 0.4) is 0 Å². The highest BCUT2D eigenvalue weighted by Crippen LogP contribution is 2.28. The van der Waals surface area contributed by atoms with Crippen molar-refractivity contribution in [2.24, 2.45) is 0 Å². The Morgan fingerprint density at radius 1 is 0.966 bits per heavy atom. The lowest BCUT2D eigenvalue weighted by Gasteiger charge is -2.12. The zero-order valence-electron chi connectivity index (χ0n) is 16.0. The molecule has 3 aromatic rings. The molecule has 146 valence electrons. The van der Waals surface area contributed by atoms with Crippen LogP contribution < -0.4 is 9.47 Å². The van der Waals surface area contributed by atoms with Crippen molar-refractivity contribution in [3.05, 3.63) is 102 Å². The number of benzene rings is 3. The van der Waals surface area contributed by atoms with Gasteiger partial charge in [-0.3, -0.25) is 4.79 Å². The molecule has 1 heterocycles. The summed E-state index contributed by atoms with van der Waals surface area (Å²) in [5, 5.41) is 0. The first-order valence-electron chi connectivity index (χ1n) is 9.60. The molecule has 0 saturated carbocycles. The van der Waals surface area contributed by atoms with E-state index in [1.165, 1.54) is 0 Å². The van der Waals surface area contributed by atoms with Gasteiger partial charge in [-0.1, -0.05) is 66.7 Å². The number of hydrogen-bond donors (Lipinski definition) is 0. The molecule has 3 aromatic carbocycles. The predicted molar refractivity (Wildman–Crippen MR) is 112 cm³/mol. The Hall–Kier alpha value is -3.37. The van der Waals surface area contributed by atoms with Gasteiger partial charge in [-0.25, -0.2) is 0 Å². The molecule has 1 saturated heterocycles. The molecule has 0 aliphatic carbocycles. The van der Waals surface area contributed by atoms with E-state index in [1.807, 2.05) is 60.7 Å². The first-order chi connectivity index (χ1) is 14.3. The van der Waals surface area contributed by atoms with Crippen LogP contribution in [0.2, 0.25) is 0 Å². The smallest absolute Gasteiger partial charge is 0.189 e. The first-order valence-corrected chi connectivity index (χ1v) is 9.60. The molecule has 1 aliphatic rings. The van der Waals surface area contributed by atoms with Gasteiger partial charge < -0.3 is 14.2 Å². The number of rotatable bonds is 9.